The van der Waals surface area contributed by atoms with Gasteiger partial charge in [0.25, 0.3) is 5.56 Å². The lowest BCUT2D eigenvalue weighted by molar-refractivity contribution is -0.115. The molecule has 1 heterocycles. The zero-order valence-electron chi connectivity index (χ0n) is 15.4. The van der Waals surface area contributed by atoms with Crippen LogP contribution in [-0.4, -0.2) is 21.0 Å². The van der Waals surface area contributed by atoms with E-state index >= 15 is 0 Å². The van der Waals surface area contributed by atoms with Crippen molar-refractivity contribution in [2.75, 3.05) is 11.1 Å². The van der Waals surface area contributed by atoms with Crippen molar-refractivity contribution < 1.29 is 13.6 Å². The molecule has 1 amide bonds. The number of halogens is 2. The highest BCUT2D eigenvalue weighted by molar-refractivity contribution is 7.99. The summed E-state index contributed by atoms with van der Waals surface area (Å²) in [7, 11) is 1.74. The van der Waals surface area contributed by atoms with E-state index in [9.17, 15) is 18.4 Å². The number of benzene rings is 2. The van der Waals surface area contributed by atoms with Gasteiger partial charge in [0.1, 0.15) is 17.3 Å². The Labute approximate surface area is 165 Å². The Kier molecular flexibility index (Phi) is 5.99. The molecule has 0 aliphatic rings. The van der Waals surface area contributed by atoms with E-state index in [2.05, 4.69) is 5.32 Å². The first-order valence-corrected chi connectivity index (χ1v) is 9.58. The van der Waals surface area contributed by atoms with Crippen molar-refractivity contribution in [3.05, 3.63) is 76.2 Å². The molecule has 0 saturated heterocycles. The number of carbonyl (C=O) groups is 1. The van der Waals surface area contributed by atoms with Crippen LogP contribution in [0.3, 0.4) is 0 Å². The van der Waals surface area contributed by atoms with Gasteiger partial charge < -0.3 is 5.32 Å². The van der Waals surface area contributed by atoms with Gasteiger partial charge in [-0.05, 0) is 31.2 Å². The maximum absolute atomic E-state index is 13.6. The lowest BCUT2D eigenvalue weighted by atomic mass is 10.3. The van der Waals surface area contributed by atoms with Crippen LogP contribution in [0.15, 0.2) is 58.2 Å². The summed E-state index contributed by atoms with van der Waals surface area (Å²) in [5, 5.41) is 2.66. The SMILES string of the molecule is Cc1c(NC(=O)CCSc2ccc(F)cc2F)c(=O)n(-c2ccccc2)n1C. The third-order valence-corrected chi connectivity index (χ3v) is 5.35. The number of hydrogen-bond acceptors (Lipinski definition) is 3. The van der Waals surface area contributed by atoms with Crippen LogP contribution in [0.1, 0.15) is 12.1 Å². The molecule has 0 atom stereocenters. The molecule has 0 spiro atoms. The third-order valence-electron chi connectivity index (χ3n) is 4.30. The van der Waals surface area contributed by atoms with Gasteiger partial charge in [0.15, 0.2) is 0 Å². The molecular weight excluding hydrogens is 384 g/mol. The molecule has 0 bridgehead atoms. The first kappa shape index (κ1) is 19.9. The van der Waals surface area contributed by atoms with Gasteiger partial charge >= 0.3 is 0 Å². The zero-order chi connectivity index (χ0) is 20.3. The molecule has 146 valence electrons. The Bertz CT molecular complexity index is 1060. The Balaban J connectivity index is 1.68. The van der Waals surface area contributed by atoms with Gasteiger partial charge in [0, 0.05) is 30.2 Å². The van der Waals surface area contributed by atoms with E-state index in [1.54, 1.807) is 30.8 Å². The van der Waals surface area contributed by atoms with E-state index in [0.717, 1.165) is 17.8 Å². The molecule has 0 saturated carbocycles. The number of carbonyl (C=O) groups excluding carboxylic acids is 1. The summed E-state index contributed by atoms with van der Waals surface area (Å²) in [6.07, 6.45) is 0.0839. The molecule has 0 fully saturated rings. The van der Waals surface area contributed by atoms with E-state index < -0.39 is 11.6 Å². The number of aromatic nitrogens is 2. The molecule has 1 N–H and O–H groups in total. The standard InChI is InChI=1S/C20H19F2N3O2S/c1-13-19(20(27)25(24(13)2)15-6-4-3-5-7-15)23-18(26)10-11-28-17-9-8-14(21)12-16(17)22/h3-9,12H,10-11H2,1-2H3,(H,23,26). The van der Waals surface area contributed by atoms with E-state index in [4.69, 9.17) is 0 Å². The minimum Gasteiger partial charge on any atom is -0.320 e. The monoisotopic (exact) mass is 403 g/mol. The molecule has 0 radical (unpaired) electrons. The van der Waals surface area contributed by atoms with Crippen LogP contribution in [0.2, 0.25) is 0 Å². The molecule has 0 aliphatic carbocycles. The molecular formula is C20H19F2N3O2S. The van der Waals surface area contributed by atoms with E-state index in [-0.39, 0.29) is 28.5 Å². The molecule has 8 heteroatoms. The lowest BCUT2D eigenvalue weighted by Crippen LogP contribution is -2.23. The Morgan fingerprint density at radius 2 is 1.86 bits per heavy atom. The largest absolute Gasteiger partial charge is 0.320 e. The van der Waals surface area contributed by atoms with Gasteiger partial charge in [-0.25, -0.2) is 13.5 Å². The highest BCUT2D eigenvalue weighted by Gasteiger charge is 2.18. The summed E-state index contributed by atoms with van der Waals surface area (Å²) in [4.78, 5) is 25.3. The second-order valence-corrected chi connectivity index (χ2v) is 7.29. The van der Waals surface area contributed by atoms with Crippen LogP contribution < -0.4 is 10.9 Å². The normalized spacial score (nSPS) is 10.9. The van der Waals surface area contributed by atoms with Crippen LogP contribution >= 0.6 is 11.8 Å². The molecule has 0 unspecified atom stereocenters. The third kappa shape index (κ3) is 4.17. The predicted molar refractivity (Wildman–Crippen MR) is 106 cm³/mol. The van der Waals surface area contributed by atoms with Crippen molar-refractivity contribution in [1.29, 1.82) is 0 Å². The maximum atomic E-state index is 13.6. The molecule has 3 aromatic rings. The fraction of sp³-hybridized carbons (Fsp3) is 0.200. The summed E-state index contributed by atoms with van der Waals surface area (Å²) >= 11 is 1.12. The van der Waals surface area contributed by atoms with Crippen LogP contribution in [-0.2, 0) is 11.8 Å². The minimum atomic E-state index is -0.657. The molecule has 1 aromatic heterocycles. The number of nitrogens with zero attached hydrogens (tertiary/aromatic N) is 2. The number of thioether (sulfide) groups is 1. The van der Waals surface area contributed by atoms with Crippen molar-refractivity contribution in [2.24, 2.45) is 7.05 Å². The molecule has 3 rings (SSSR count). The predicted octanol–water partition coefficient (Wildman–Crippen LogP) is 3.88. The molecule has 0 aliphatic heterocycles. The first-order chi connectivity index (χ1) is 13.4. The number of anilines is 1. The number of amides is 1. The fourth-order valence-corrected chi connectivity index (χ4v) is 3.63. The fourth-order valence-electron chi connectivity index (χ4n) is 2.76. The summed E-state index contributed by atoms with van der Waals surface area (Å²) in [6, 6.07) is 12.4. The molecule has 28 heavy (non-hydrogen) atoms. The summed E-state index contributed by atoms with van der Waals surface area (Å²) in [6.45, 7) is 1.75. The quantitative estimate of drug-likeness (QED) is 0.636. The van der Waals surface area contributed by atoms with Gasteiger partial charge in [-0.3, -0.25) is 14.3 Å². The average molecular weight is 403 g/mol. The van der Waals surface area contributed by atoms with Crippen molar-refractivity contribution in [3.63, 3.8) is 0 Å². The Hall–Kier alpha value is -2.87. The second-order valence-electron chi connectivity index (χ2n) is 6.16. The maximum Gasteiger partial charge on any atom is 0.295 e. The number of para-hydroxylation sites is 1. The van der Waals surface area contributed by atoms with E-state index in [1.165, 1.54) is 16.8 Å². The van der Waals surface area contributed by atoms with Crippen molar-refractivity contribution in [3.8, 4) is 5.69 Å². The summed E-state index contributed by atoms with van der Waals surface area (Å²) in [5.74, 6) is -1.35. The van der Waals surface area contributed by atoms with Gasteiger partial charge in [0.05, 0.1) is 11.4 Å². The Morgan fingerprint density at radius 3 is 2.54 bits per heavy atom. The topological polar surface area (TPSA) is 56.0 Å². The lowest BCUT2D eigenvalue weighted by Gasteiger charge is -2.07. The smallest absolute Gasteiger partial charge is 0.295 e. The van der Waals surface area contributed by atoms with Crippen LogP contribution in [0.4, 0.5) is 14.5 Å². The van der Waals surface area contributed by atoms with Crippen molar-refractivity contribution >= 4 is 23.4 Å². The average Bonchev–Trinajstić information content (AvgIpc) is 2.87. The first-order valence-electron chi connectivity index (χ1n) is 8.60. The molecule has 5 nitrogen and oxygen atoms in total. The van der Waals surface area contributed by atoms with Gasteiger partial charge in [-0.2, -0.15) is 0 Å². The zero-order valence-corrected chi connectivity index (χ0v) is 16.2. The summed E-state index contributed by atoms with van der Waals surface area (Å²) < 4.78 is 29.7. The van der Waals surface area contributed by atoms with E-state index in [1.807, 2.05) is 18.2 Å². The van der Waals surface area contributed by atoms with Crippen LogP contribution in [0.5, 0.6) is 0 Å². The minimum absolute atomic E-state index is 0.0839. The van der Waals surface area contributed by atoms with Gasteiger partial charge in [-0.1, -0.05) is 18.2 Å². The van der Waals surface area contributed by atoms with E-state index in [0.29, 0.717) is 17.1 Å². The van der Waals surface area contributed by atoms with Gasteiger partial charge in [0.2, 0.25) is 5.91 Å². The highest BCUT2D eigenvalue weighted by atomic mass is 32.2. The second kappa shape index (κ2) is 8.43. The van der Waals surface area contributed by atoms with Crippen molar-refractivity contribution in [2.45, 2.75) is 18.2 Å². The summed E-state index contributed by atoms with van der Waals surface area (Å²) in [5.41, 5.74) is 1.21. The van der Waals surface area contributed by atoms with Crippen LogP contribution in [0, 0.1) is 18.6 Å². The number of hydrogen-bond donors (Lipinski definition) is 1. The Morgan fingerprint density at radius 1 is 1.14 bits per heavy atom. The highest BCUT2D eigenvalue weighted by Crippen LogP contribution is 2.23. The van der Waals surface area contributed by atoms with Crippen LogP contribution in [0.25, 0.3) is 5.69 Å². The molecule has 2 aromatic carbocycles. The number of nitrogens with one attached hydrogen (secondary N) is 1. The van der Waals surface area contributed by atoms with Gasteiger partial charge in [-0.15, -0.1) is 11.8 Å². The number of rotatable bonds is 6. The van der Waals surface area contributed by atoms with Crippen molar-refractivity contribution in [1.82, 2.24) is 9.36 Å².